The number of nitrogens with one attached hydrogen (secondary N) is 1. The normalized spacial score (nSPS) is 25.8. The van der Waals surface area contributed by atoms with Crippen LogP contribution in [0.1, 0.15) is 94.9 Å². The summed E-state index contributed by atoms with van der Waals surface area (Å²) in [5.74, 6) is -0.753. The highest BCUT2D eigenvalue weighted by atomic mass is 16.5. The molecule has 1 aliphatic heterocycles. The molecule has 3 aliphatic rings. The SMILES string of the molecule is COc1ccc(C2(C#N)CCC2)cc1CN[C@H]1[C@H](C(C)(C)C)[C@@H](C(=O)O)N(C(=O)C2CCCCC2)[C@H]1c1ccccc1. The van der Waals surface area contributed by atoms with Crippen LogP contribution in [0.5, 0.6) is 5.75 Å². The number of nitrogens with zero attached hydrogens (tertiary/aromatic N) is 2. The number of ether oxygens (including phenoxy) is 1. The molecule has 1 heterocycles. The number of carboxylic acid groups (broad SMARTS) is 1. The number of nitriles is 1. The number of benzene rings is 2. The maximum absolute atomic E-state index is 14.3. The summed E-state index contributed by atoms with van der Waals surface area (Å²) in [6, 6.07) is 16.8. The third kappa shape index (κ3) is 5.54. The molecule has 2 aromatic rings. The average Bonchev–Trinajstić information content (AvgIpc) is 3.32. The van der Waals surface area contributed by atoms with Gasteiger partial charge < -0.3 is 20.1 Å². The Bertz CT molecular complexity index is 1320. The molecule has 5 rings (SSSR count). The lowest BCUT2D eigenvalue weighted by atomic mass is 9.65. The molecule has 0 unspecified atom stereocenters. The lowest BCUT2D eigenvalue weighted by molar-refractivity contribution is -0.154. The first-order chi connectivity index (χ1) is 20.1. The van der Waals surface area contributed by atoms with E-state index in [0.717, 1.165) is 73.8 Å². The van der Waals surface area contributed by atoms with Crippen LogP contribution in [0, 0.1) is 28.6 Å². The van der Waals surface area contributed by atoms with E-state index in [4.69, 9.17) is 4.74 Å². The number of rotatable bonds is 8. The van der Waals surface area contributed by atoms with Crippen molar-refractivity contribution in [1.29, 1.82) is 5.26 Å². The number of aliphatic carboxylic acids is 1. The van der Waals surface area contributed by atoms with Crippen LogP contribution in [0.3, 0.4) is 0 Å². The fourth-order valence-corrected chi connectivity index (χ4v) is 7.73. The van der Waals surface area contributed by atoms with Crippen molar-refractivity contribution >= 4 is 11.9 Å². The Kier molecular flexibility index (Phi) is 8.66. The molecule has 2 N–H and O–H groups in total. The number of carbonyl (C=O) groups is 2. The van der Waals surface area contributed by atoms with E-state index >= 15 is 0 Å². The van der Waals surface area contributed by atoms with Gasteiger partial charge in [-0.2, -0.15) is 5.26 Å². The minimum Gasteiger partial charge on any atom is -0.496 e. The summed E-state index contributed by atoms with van der Waals surface area (Å²) in [7, 11) is 1.65. The third-order valence-corrected chi connectivity index (χ3v) is 10.1. The van der Waals surface area contributed by atoms with Crippen LogP contribution < -0.4 is 10.1 Å². The maximum atomic E-state index is 14.3. The number of hydrogen-bond donors (Lipinski definition) is 2. The van der Waals surface area contributed by atoms with Crippen LogP contribution in [-0.2, 0) is 21.5 Å². The molecule has 0 radical (unpaired) electrons. The van der Waals surface area contributed by atoms with E-state index in [-0.39, 0.29) is 23.8 Å². The molecule has 224 valence electrons. The summed E-state index contributed by atoms with van der Waals surface area (Å²) in [6.45, 7) is 6.66. The van der Waals surface area contributed by atoms with Gasteiger partial charge >= 0.3 is 5.97 Å². The van der Waals surface area contributed by atoms with Gasteiger partial charge in [-0.1, -0.05) is 76.4 Å². The highest BCUT2D eigenvalue weighted by Gasteiger charge is 2.58. The van der Waals surface area contributed by atoms with Crippen LogP contribution in [0.25, 0.3) is 0 Å². The summed E-state index contributed by atoms with van der Waals surface area (Å²) in [4.78, 5) is 29.1. The van der Waals surface area contributed by atoms with Gasteiger partial charge in [0.15, 0.2) is 0 Å². The molecule has 2 aromatic carbocycles. The Morgan fingerprint density at radius 1 is 1.07 bits per heavy atom. The number of methoxy groups -OCH3 is 1. The summed E-state index contributed by atoms with van der Waals surface area (Å²) < 4.78 is 5.74. The molecule has 7 nitrogen and oxygen atoms in total. The average molecular weight is 572 g/mol. The second-order valence-corrected chi connectivity index (χ2v) is 13.6. The van der Waals surface area contributed by atoms with Gasteiger partial charge in [-0.05, 0) is 60.8 Å². The molecule has 0 bridgehead atoms. The van der Waals surface area contributed by atoms with Gasteiger partial charge in [0.1, 0.15) is 11.8 Å². The predicted molar refractivity (Wildman–Crippen MR) is 162 cm³/mol. The number of carbonyl (C=O) groups excluding carboxylic acids is 1. The Morgan fingerprint density at radius 2 is 1.76 bits per heavy atom. The van der Waals surface area contributed by atoms with E-state index in [1.807, 2.05) is 42.5 Å². The molecule has 1 amide bonds. The first-order valence-corrected chi connectivity index (χ1v) is 15.5. The molecule has 0 spiro atoms. The van der Waals surface area contributed by atoms with Crippen molar-refractivity contribution in [3.05, 3.63) is 65.2 Å². The fraction of sp³-hybridized carbons (Fsp3) is 0.571. The van der Waals surface area contributed by atoms with Gasteiger partial charge in [0.25, 0.3) is 0 Å². The highest BCUT2D eigenvalue weighted by Crippen LogP contribution is 2.50. The summed E-state index contributed by atoms with van der Waals surface area (Å²) in [5, 5.41) is 24.5. The predicted octanol–water partition coefficient (Wildman–Crippen LogP) is 6.38. The molecule has 0 aromatic heterocycles. The van der Waals surface area contributed by atoms with Crippen molar-refractivity contribution in [1.82, 2.24) is 10.2 Å². The lowest BCUT2D eigenvalue weighted by Crippen LogP contribution is -2.49. The van der Waals surface area contributed by atoms with Crippen molar-refractivity contribution < 1.29 is 19.4 Å². The largest absolute Gasteiger partial charge is 0.496 e. The number of carboxylic acids is 1. The van der Waals surface area contributed by atoms with Gasteiger partial charge in [0.2, 0.25) is 5.91 Å². The molecule has 2 saturated carbocycles. The Hall–Kier alpha value is -3.37. The van der Waals surface area contributed by atoms with E-state index in [2.05, 4.69) is 38.2 Å². The molecule has 7 heteroatoms. The first-order valence-electron chi connectivity index (χ1n) is 15.5. The van der Waals surface area contributed by atoms with E-state index in [9.17, 15) is 20.0 Å². The summed E-state index contributed by atoms with van der Waals surface area (Å²) >= 11 is 0. The van der Waals surface area contributed by atoms with Crippen LogP contribution in [-0.4, -0.2) is 41.1 Å². The van der Waals surface area contributed by atoms with Crippen molar-refractivity contribution in [2.75, 3.05) is 7.11 Å². The van der Waals surface area contributed by atoms with Gasteiger partial charge in [-0.25, -0.2) is 4.79 Å². The second-order valence-electron chi connectivity index (χ2n) is 13.6. The number of amides is 1. The van der Waals surface area contributed by atoms with Gasteiger partial charge in [0, 0.05) is 30.0 Å². The van der Waals surface area contributed by atoms with E-state index in [1.54, 1.807) is 12.0 Å². The van der Waals surface area contributed by atoms with Gasteiger partial charge in [0.05, 0.1) is 24.6 Å². The van der Waals surface area contributed by atoms with Crippen molar-refractivity contribution in [3.8, 4) is 11.8 Å². The zero-order valence-electron chi connectivity index (χ0n) is 25.4. The van der Waals surface area contributed by atoms with E-state index in [1.165, 1.54) is 0 Å². The topological polar surface area (TPSA) is 103 Å². The molecule has 1 saturated heterocycles. The first kappa shape index (κ1) is 30.1. The molecule has 42 heavy (non-hydrogen) atoms. The number of likely N-dealkylation sites (tertiary alicyclic amines) is 1. The van der Waals surface area contributed by atoms with Crippen molar-refractivity contribution in [2.24, 2.45) is 17.3 Å². The maximum Gasteiger partial charge on any atom is 0.326 e. The Labute approximate surface area is 250 Å². The summed E-state index contributed by atoms with van der Waals surface area (Å²) in [5.41, 5.74) is 2.02. The van der Waals surface area contributed by atoms with E-state index in [0.29, 0.717) is 6.54 Å². The van der Waals surface area contributed by atoms with Crippen LogP contribution in [0.2, 0.25) is 0 Å². The van der Waals surface area contributed by atoms with Gasteiger partial charge in [-0.3, -0.25) is 4.79 Å². The van der Waals surface area contributed by atoms with Crippen molar-refractivity contribution in [2.45, 2.75) is 102 Å². The summed E-state index contributed by atoms with van der Waals surface area (Å²) in [6.07, 6.45) is 7.50. The van der Waals surface area contributed by atoms with Crippen LogP contribution in [0.4, 0.5) is 0 Å². The molecule has 4 atom stereocenters. The van der Waals surface area contributed by atoms with Crippen LogP contribution >= 0.6 is 0 Å². The molecular weight excluding hydrogens is 526 g/mol. The van der Waals surface area contributed by atoms with Crippen molar-refractivity contribution in [3.63, 3.8) is 0 Å². The standard InChI is InChI=1S/C35H45N3O4/c1-34(2,3)28-29(37-21-25-20-26(16-17-27(25)42-4)35(22-36)18-11-19-35)30(23-12-7-5-8-13-23)38(31(28)33(40)41)32(39)24-14-9-6-10-15-24/h5,7-8,12-13,16-17,20,24,28-31,37H,6,9-11,14-15,18-19,21H2,1-4H3,(H,40,41)/t28-,29-,30-,31-/m0/s1. The third-order valence-electron chi connectivity index (χ3n) is 10.1. The smallest absolute Gasteiger partial charge is 0.326 e. The monoisotopic (exact) mass is 571 g/mol. The minimum absolute atomic E-state index is 0.0324. The Morgan fingerprint density at radius 3 is 2.31 bits per heavy atom. The zero-order chi connectivity index (χ0) is 30.1. The highest BCUT2D eigenvalue weighted by molar-refractivity contribution is 5.87. The van der Waals surface area contributed by atoms with Crippen LogP contribution in [0.15, 0.2) is 48.5 Å². The molecule has 2 aliphatic carbocycles. The number of hydrogen-bond acceptors (Lipinski definition) is 5. The fourth-order valence-electron chi connectivity index (χ4n) is 7.73. The second kappa shape index (κ2) is 12.1. The van der Waals surface area contributed by atoms with E-state index < -0.39 is 28.9 Å². The molecular formula is C35H45N3O4. The Balaban J connectivity index is 1.57. The van der Waals surface area contributed by atoms with Gasteiger partial charge in [-0.15, -0.1) is 0 Å². The minimum atomic E-state index is -0.954. The molecule has 3 fully saturated rings. The zero-order valence-corrected chi connectivity index (χ0v) is 25.4. The lowest BCUT2D eigenvalue weighted by Gasteiger charge is -2.36. The quantitative estimate of drug-likeness (QED) is 0.381.